The molecule has 2 aromatic rings. The van der Waals surface area contributed by atoms with Crippen molar-refractivity contribution in [2.24, 2.45) is 0 Å². The Kier molecular flexibility index (Phi) is 7.13. The van der Waals surface area contributed by atoms with Gasteiger partial charge in [-0.25, -0.2) is 0 Å². The number of halogens is 1. The number of rotatable bonds is 8. The number of hydrogen-bond acceptors (Lipinski definition) is 5. The van der Waals surface area contributed by atoms with Crippen LogP contribution < -0.4 is 18.9 Å². The number of carbonyl (C=O) groups excluding carboxylic acids is 1. The summed E-state index contributed by atoms with van der Waals surface area (Å²) in [5, 5.41) is 0. The molecule has 0 unspecified atom stereocenters. The van der Waals surface area contributed by atoms with Gasteiger partial charge in [0.25, 0.3) is 0 Å². The standard InChI is InChI=1S/C19H21BrO5/c1-4-24-15-7-5-6-8-16(15)25-19(21)10-9-13-11-17(22-2)18(23-3)12-14(13)20/h5-8,11-12H,4,9-10H2,1-3H3. The van der Waals surface area contributed by atoms with Crippen molar-refractivity contribution < 1.29 is 23.7 Å². The van der Waals surface area contributed by atoms with Crippen LogP contribution in [-0.2, 0) is 11.2 Å². The lowest BCUT2D eigenvalue weighted by molar-refractivity contribution is -0.134. The summed E-state index contributed by atoms with van der Waals surface area (Å²) in [4.78, 5) is 12.2. The van der Waals surface area contributed by atoms with E-state index in [1.807, 2.05) is 25.1 Å². The van der Waals surface area contributed by atoms with E-state index in [1.165, 1.54) is 0 Å². The molecule has 0 radical (unpaired) electrons. The maximum atomic E-state index is 12.2. The van der Waals surface area contributed by atoms with E-state index in [1.54, 1.807) is 32.4 Å². The molecule has 0 saturated carbocycles. The highest BCUT2D eigenvalue weighted by Gasteiger charge is 2.13. The van der Waals surface area contributed by atoms with Crippen LogP contribution in [0.25, 0.3) is 0 Å². The Balaban J connectivity index is 2.03. The monoisotopic (exact) mass is 408 g/mol. The molecule has 0 spiro atoms. The van der Waals surface area contributed by atoms with Gasteiger partial charge in [-0.1, -0.05) is 28.1 Å². The first-order valence-electron chi connectivity index (χ1n) is 7.92. The summed E-state index contributed by atoms with van der Waals surface area (Å²) in [6.45, 7) is 2.39. The average molecular weight is 409 g/mol. The summed E-state index contributed by atoms with van der Waals surface area (Å²) in [5.41, 5.74) is 0.938. The lowest BCUT2D eigenvalue weighted by atomic mass is 10.1. The summed E-state index contributed by atoms with van der Waals surface area (Å²) >= 11 is 3.49. The molecule has 6 heteroatoms. The van der Waals surface area contributed by atoms with Crippen LogP contribution in [0.5, 0.6) is 23.0 Å². The van der Waals surface area contributed by atoms with Crippen LogP contribution in [0.3, 0.4) is 0 Å². The van der Waals surface area contributed by atoms with E-state index >= 15 is 0 Å². The van der Waals surface area contributed by atoms with Crippen LogP contribution in [-0.4, -0.2) is 26.8 Å². The molecule has 134 valence electrons. The van der Waals surface area contributed by atoms with Gasteiger partial charge in [0.2, 0.25) is 0 Å². The fraction of sp³-hybridized carbons (Fsp3) is 0.316. The summed E-state index contributed by atoms with van der Waals surface area (Å²) in [7, 11) is 3.16. The summed E-state index contributed by atoms with van der Waals surface area (Å²) in [6, 6.07) is 10.8. The molecule has 5 nitrogen and oxygen atoms in total. The number of aryl methyl sites for hydroxylation is 1. The van der Waals surface area contributed by atoms with E-state index in [-0.39, 0.29) is 12.4 Å². The quantitative estimate of drug-likeness (QED) is 0.478. The van der Waals surface area contributed by atoms with Gasteiger partial charge in [-0.2, -0.15) is 0 Å². The van der Waals surface area contributed by atoms with Crippen LogP contribution in [0, 0.1) is 0 Å². The highest BCUT2D eigenvalue weighted by molar-refractivity contribution is 9.10. The molecule has 0 aromatic heterocycles. The Morgan fingerprint density at radius 2 is 1.64 bits per heavy atom. The van der Waals surface area contributed by atoms with E-state index in [4.69, 9.17) is 18.9 Å². The zero-order chi connectivity index (χ0) is 18.2. The number of methoxy groups -OCH3 is 2. The van der Waals surface area contributed by atoms with Crippen molar-refractivity contribution in [2.75, 3.05) is 20.8 Å². The second-order valence-electron chi connectivity index (χ2n) is 5.15. The first-order valence-corrected chi connectivity index (χ1v) is 8.71. The molecule has 0 amide bonds. The van der Waals surface area contributed by atoms with Gasteiger partial charge in [0.1, 0.15) is 0 Å². The fourth-order valence-corrected chi connectivity index (χ4v) is 2.83. The number of para-hydroxylation sites is 2. The highest BCUT2D eigenvalue weighted by Crippen LogP contribution is 2.34. The van der Waals surface area contributed by atoms with Gasteiger partial charge in [-0.05, 0) is 43.2 Å². The van der Waals surface area contributed by atoms with Crippen LogP contribution in [0.2, 0.25) is 0 Å². The van der Waals surface area contributed by atoms with Crippen LogP contribution in [0.15, 0.2) is 40.9 Å². The van der Waals surface area contributed by atoms with Crippen molar-refractivity contribution in [3.05, 3.63) is 46.4 Å². The van der Waals surface area contributed by atoms with Crippen LogP contribution >= 0.6 is 15.9 Å². The Bertz CT molecular complexity index is 730. The molecule has 0 bridgehead atoms. The molecule has 2 rings (SSSR count). The molecule has 0 saturated heterocycles. The second-order valence-corrected chi connectivity index (χ2v) is 6.01. The molecule has 0 aliphatic rings. The molecule has 0 aliphatic heterocycles. The molecule has 0 heterocycles. The van der Waals surface area contributed by atoms with Gasteiger partial charge in [0, 0.05) is 4.47 Å². The molecule has 0 N–H and O–H groups in total. The van der Waals surface area contributed by atoms with Crippen molar-refractivity contribution in [2.45, 2.75) is 19.8 Å². The van der Waals surface area contributed by atoms with Crippen LogP contribution in [0.1, 0.15) is 18.9 Å². The minimum atomic E-state index is -0.325. The predicted molar refractivity (Wildman–Crippen MR) is 98.8 cm³/mol. The molecule has 0 aliphatic carbocycles. The second kappa shape index (κ2) is 9.32. The van der Waals surface area contributed by atoms with Crippen molar-refractivity contribution >= 4 is 21.9 Å². The largest absolute Gasteiger partial charge is 0.493 e. The van der Waals surface area contributed by atoms with Crippen molar-refractivity contribution in [1.29, 1.82) is 0 Å². The number of hydrogen-bond donors (Lipinski definition) is 0. The maximum absolute atomic E-state index is 12.2. The van der Waals surface area contributed by atoms with Crippen molar-refractivity contribution in [1.82, 2.24) is 0 Å². The topological polar surface area (TPSA) is 54.0 Å². The fourth-order valence-electron chi connectivity index (χ4n) is 2.31. The number of carbonyl (C=O) groups is 1. The van der Waals surface area contributed by atoms with E-state index in [2.05, 4.69) is 15.9 Å². The Hall–Kier alpha value is -2.21. The zero-order valence-corrected chi connectivity index (χ0v) is 16.1. The van der Waals surface area contributed by atoms with Crippen molar-refractivity contribution in [3.8, 4) is 23.0 Å². The third-order valence-corrected chi connectivity index (χ3v) is 4.26. The lowest BCUT2D eigenvalue weighted by Gasteiger charge is -2.12. The first kappa shape index (κ1) is 19.1. The molecular weight excluding hydrogens is 388 g/mol. The number of benzene rings is 2. The van der Waals surface area contributed by atoms with Gasteiger partial charge in [0.15, 0.2) is 23.0 Å². The summed E-state index contributed by atoms with van der Waals surface area (Å²) in [6.07, 6.45) is 0.741. The van der Waals surface area contributed by atoms with Gasteiger partial charge >= 0.3 is 5.97 Å². The maximum Gasteiger partial charge on any atom is 0.311 e. The smallest absolute Gasteiger partial charge is 0.311 e. The minimum Gasteiger partial charge on any atom is -0.493 e. The van der Waals surface area contributed by atoms with Gasteiger partial charge < -0.3 is 18.9 Å². The SMILES string of the molecule is CCOc1ccccc1OC(=O)CCc1cc(OC)c(OC)cc1Br. The minimum absolute atomic E-state index is 0.231. The van der Waals surface area contributed by atoms with E-state index < -0.39 is 0 Å². The Morgan fingerprint density at radius 1 is 1.00 bits per heavy atom. The molecule has 0 fully saturated rings. The molecule has 2 aromatic carbocycles. The van der Waals surface area contributed by atoms with E-state index in [0.717, 1.165) is 10.0 Å². The van der Waals surface area contributed by atoms with E-state index in [0.29, 0.717) is 36.0 Å². The number of ether oxygens (including phenoxy) is 4. The van der Waals surface area contributed by atoms with Gasteiger partial charge in [-0.3, -0.25) is 4.79 Å². The normalized spacial score (nSPS) is 10.2. The Morgan fingerprint density at radius 3 is 2.28 bits per heavy atom. The highest BCUT2D eigenvalue weighted by atomic mass is 79.9. The zero-order valence-electron chi connectivity index (χ0n) is 14.5. The van der Waals surface area contributed by atoms with E-state index in [9.17, 15) is 4.79 Å². The van der Waals surface area contributed by atoms with Gasteiger partial charge in [-0.15, -0.1) is 0 Å². The Labute approximate surface area is 156 Å². The average Bonchev–Trinajstić information content (AvgIpc) is 2.62. The van der Waals surface area contributed by atoms with Gasteiger partial charge in [0.05, 0.1) is 27.2 Å². The number of esters is 1. The third-order valence-electron chi connectivity index (χ3n) is 3.52. The molecule has 0 atom stereocenters. The predicted octanol–water partition coefficient (Wildman–Crippen LogP) is 4.40. The first-order chi connectivity index (χ1) is 12.1. The van der Waals surface area contributed by atoms with Crippen molar-refractivity contribution in [3.63, 3.8) is 0 Å². The summed E-state index contributed by atoms with van der Waals surface area (Å²) in [5.74, 6) is 1.92. The molecule has 25 heavy (non-hydrogen) atoms. The van der Waals surface area contributed by atoms with Crippen LogP contribution in [0.4, 0.5) is 0 Å². The molecular formula is C19H21BrO5. The summed E-state index contributed by atoms with van der Waals surface area (Å²) < 4.78 is 22.3. The third kappa shape index (κ3) is 5.13. The lowest BCUT2D eigenvalue weighted by Crippen LogP contribution is -2.10.